The average Bonchev–Trinajstić information content (AvgIpc) is 3.09. The largest absolute Gasteiger partial charge is 0.326 e. The van der Waals surface area contributed by atoms with E-state index in [1.54, 1.807) is 12.1 Å². The molecule has 1 fully saturated rings. The van der Waals surface area contributed by atoms with Crippen LogP contribution in [0.25, 0.3) is 0 Å². The number of hydrogen-bond donors (Lipinski definition) is 1. The van der Waals surface area contributed by atoms with Gasteiger partial charge in [0.1, 0.15) is 4.21 Å². The molecule has 0 saturated carbocycles. The highest BCUT2D eigenvalue weighted by atomic mass is 79.9. The quantitative estimate of drug-likeness (QED) is 0.527. The van der Waals surface area contributed by atoms with E-state index in [-0.39, 0.29) is 22.3 Å². The number of carbonyl (C=O) groups is 1. The Kier molecular flexibility index (Phi) is 5.94. The number of nitrogens with zero attached hydrogens (tertiary/aromatic N) is 2. The fourth-order valence-corrected chi connectivity index (χ4v) is 6.57. The third-order valence-electron chi connectivity index (χ3n) is 4.22. The van der Waals surface area contributed by atoms with Crippen LogP contribution >= 0.6 is 27.3 Å². The van der Waals surface area contributed by atoms with Gasteiger partial charge in [-0.2, -0.15) is 4.31 Å². The molecule has 1 aliphatic rings. The molecule has 0 aliphatic carbocycles. The van der Waals surface area contributed by atoms with Crippen LogP contribution in [0.2, 0.25) is 0 Å². The highest BCUT2D eigenvalue weighted by Gasteiger charge is 2.34. The summed E-state index contributed by atoms with van der Waals surface area (Å²) in [7, 11) is -3.65. The van der Waals surface area contributed by atoms with Gasteiger partial charge in [-0.05, 0) is 47.0 Å². The van der Waals surface area contributed by atoms with Gasteiger partial charge in [0.15, 0.2) is 0 Å². The van der Waals surface area contributed by atoms with Crippen LogP contribution in [-0.2, 0) is 14.8 Å². The zero-order valence-corrected chi connectivity index (χ0v) is 17.2. The van der Waals surface area contributed by atoms with Gasteiger partial charge in [-0.25, -0.2) is 8.42 Å². The van der Waals surface area contributed by atoms with Gasteiger partial charge >= 0.3 is 0 Å². The lowest BCUT2D eigenvalue weighted by molar-refractivity contribution is -0.384. The van der Waals surface area contributed by atoms with Crippen LogP contribution in [-0.4, -0.2) is 36.6 Å². The number of rotatable bonds is 5. The molecular formula is C16H16BrN3O5S2. The molecule has 11 heteroatoms. The zero-order chi connectivity index (χ0) is 19.6. The predicted octanol–water partition coefficient (Wildman–Crippen LogP) is 3.46. The second-order valence-electron chi connectivity index (χ2n) is 6.06. The normalized spacial score (nSPS) is 18.2. The molecule has 0 spiro atoms. The number of nitro benzene ring substituents is 1. The highest BCUT2D eigenvalue weighted by molar-refractivity contribution is 9.11. The molecule has 1 unspecified atom stereocenters. The first-order valence-electron chi connectivity index (χ1n) is 8.08. The summed E-state index contributed by atoms with van der Waals surface area (Å²) in [6, 6.07) is 8.87. The molecule has 1 N–H and O–H groups in total. The summed E-state index contributed by atoms with van der Waals surface area (Å²) >= 11 is 4.39. The molecule has 8 nitrogen and oxygen atoms in total. The van der Waals surface area contributed by atoms with E-state index in [9.17, 15) is 23.3 Å². The number of amides is 1. The Labute approximate surface area is 168 Å². The van der Waals surface area contributed by atoms with Crippen molar-refractivity contribution in [2.24, 2.45) is 5.92 Å². The molecule has 1 atom stereocenters. The van der Waals surface area contributed by atoms with Crippen molar-refractivity contribution in [2.75, 3.05) is 18.4 Å². The number of thiophene rings is 1. The van der Waals surface area contributed by atoms with Crippen LogP contribution in [0, 0.1) is 16.0 Å². The molecule has 1 amide bonds. The number of anilines is 1. The Morgan fingerprint density at radius 1 is 1.33 bits per heavy atom. The maximum atomic E-state index is 12.8. The van der Waals surface area contributed by atoms with Gasteiger partial charge in [0.05, 0.1) is 14.6 Å². The van der Waals surface area contributed by atoms with E-state index in [2.05, 4.69) is 21.2 Å². The van der Waals surface area contributed by atoms with Crippen LogP contribution in [0.3, 0.4) is 0 Å². The van der Waals surface area contributed by atoms with Gasteiger partial charge in [0.25, 0.3) is 15.7 Å². The van der Waals surface area contributed by atoms with E-state index in [4.69, 9.17) is 0 Å². The van der Waals surface area contributed by atoms with Crippen molar-refractivity contribution < 1.29 is 18.1 Å². The number of nitro groups is 1. The number of nitrogens with one attached hydrogen (secondary N) is 1. The summed E-state index contributed by atoms with van der Waals surface area (Å²) in [4.78, 5) is 22.9. The Hall–Kier alpha value is -1.82. The summed E-state index contributed by atoms with van der Waals surface area (Å²) in [6.07, 6.45) is 1.12. The van der Waals surface area contributed by atoms with Gasteiger partial charge in [0.2, 0.25) is 5.91 Å². The SMILES string of the molecule is O=C(Nc1cccc([N+](=O)[O-])c1)C1CCCN(S(=O)(=O)c2ccc(Br)s2)C1. The van der Waals surface area contributed by atoms with Gasteiger partial charge in [-0.1, -0.05) is 6.07 Å². The number of halogens is 1. The Morgan fingerprint density at radius 2 is 2.11 bits per heavy atom. The molecular weight excluding hydrogens is 458 g/mol. The van der Waals surface area contributed by atoms with Gasteiger partial charge in [-0.15, -0.1) is 11.3 Å². The lowest BCUT2D eigenvalue weighted by atomic mass is 9.98. The second-order valence-corrected chi connectivity index (χ2v) is 10.7. The average molecular weight is 474 g/mol. The molecule has 1 saturated heterocycles. The first-order chi connectivity index (χ1) is 12.8. The molecule has 2 aromatic rings. The highest BCUT2D eigenvalue weighted by Crippen LogP contribution is 2.31. The minimum absolute atomic E-state index is 0.0820. The number of piperidine rings is 1. The van der Waals surface area contributed by atoms with Crippen LogP contribution in [0.5, 0.6) is 0 Å². The molecule has 0 radical (unpaired) electrons. The summed E-state index contributed by atoms with van der Waals surface area (Å²) in [6.45, 7) is 0.442. The number of benzene rings is 1. The fourth-order valence-electron chi connectivity index (χ4n) is 2.88. The van der Waals surface area contributed by atoms with Crippen LogP contribution in [0.4, 0.5) is 11.4 Å². The van der Waals surface area contributed by atoms with Crippen molar-refractivity contribution in [3.63, 3.8) is 0 Å². The smallest absolute Gasteiger partial charge is 0.271 e. The summed E-state index contributed by atoms with van der Waals surface area (Å²) in [5.74, 6) is -0.862. The summed E-state index contributed by atoms with van der Waals surface area (Å²) < 4.78 is 27.8. The fraction of sp³-hybridized carbons (Fsp3) is 0.312. The number of carbonyl (C=O) groups excluding carboxylic acids is 1. The molecule has 144 valence electrons. The first kappa shape index (κ1) is 19.9. The van der Waals surface area contributed by atoms with E-state index in [1.807, 2.05) is 0 Å². The molecule has 0 bridgehead atoms. The molecule has 1 aliphatic heterocycles. The first-order valence-corrected chi connectivity index (χ1v) is 11.1. The summed E-state index contributed by atoms with van der Waals surface area (Å²) in [5.41, 5.74) is 0.195. The number of non-ortho nitro benzene ring substituents is 1. The zero-order valence-electron chi connectivity index (χ0n) is 14.0. The molecule has 27 heavy (non-hydrogen) atoms. The van der Waals surface area contributed by atoms with Gasteiger partial charge < -0.3 is 5.32 Å². The maximum absolute atomic E-state index is 12.8. The van der Waals surface area contributed by atoms with Crippen molar-refractivity contribution in [1.82, 2.24) is 4.31 Å². The van der Waals surface area contributed by atoms with Crippen molar-refractivity contribution >= 4 is 54.6 Å². The minimum atomic E-state index is -3.65. The monoisotopic (exact) mass is 473 g/mol. The predicted molar refractivity (Wildman–Crippen MR) is 105 cm³/mol. The summed E-state index contributed by atoms with van der Waals surface area (Å²) in [5, 5.41) is 13.5. The maximum Gasteiger partial charge on any atom is 0.271 e. The Balaban J connectivity index is 1.71. The lowest BCUT2D eigenvalue weighted by Crippen LogP contribution is -2.43. The van der Waals surface area contributed by atoms with Gasteiger partial charge in [0, 0.05) is 30.9 Å². The molecule has 1 aromatic carbocycles. The third kappa shape index (κ3) is 4.54. The Morgan fingerprint density at radius 3 is 2.78 bits per heavy atom. The van der Waals surface area contributed by atoms with Crippen molar-refractivity contribution in [3.05, 3.63) is 50.3 Å². The van der Waals surface area contributed by atoms with Crippen LogP contribution in [0.1, 0.15) is 12.8 Å². The van der Waals surface area contributed by atoms with Crippen LogP contribution < -0.4 is 5.32 Å². The van der Waals surface area contributed by atoms with Crippen molar-refractivity contribution in [2.45, 2.75) is 17.1 Å². The minimum Gasteiger partial charge on any atom is -0.326 e. The van der Waals surface area contributed by atoms with E-state index in [1.165, 1.54) is 28.6 Å². The molecule has 3 rings (SSSR count). The third-order valence-corrected chi connectivity index (χ3v) is 8.18. The molecule has 1 aromatic heterocycles. The second kappa shape index (κ2) is 8.05. The van der Waals surface area contributed by atoms with Crippen molar-refractivity contribution in [1.29, 1.82) is 0 Å². The van der Waals surface area contributed by atoms with E-state index in [0.29, 0.717) is 25.1 Å². The number of hydrogen-bond acceptors (Lipinski definition) is 6. The lowest BCUT2D eigenvalue weighted by Gasteiger charge is -2.30. The van der Waals surface area contributed by atoms with E-state index in [0.717, 1.165) is 15.1 Å². The van der Waals surface area contributed by atoms with Gasteiger partial charge in [-0.3, -0.25) is 14.9 Å². The van der Waals surface area contributed by atoms with Crippen molar-refractivity contribution in [3.8, 4) is 0 Å². The van der Waals surface area contributed by atoms with Crippen LogP contribution in [0.15, 0.2) is 44.4 Å². The standard InChI is InChI=1S/C16H16BrN3O5S2/c17-14-6-7-15(26-14)27(24,25)19-8-2-3-11(10-19)16(21)18-12-4-1-5-13(9-12)20(22)23/h1,4-7,9,11H,2-3,8,10H2,(H,18,21). The Bertz CT molecular complexity index is 976. The number of sulfonamides is 1. The molecule has 2 heterocycles. The topological polar surface area (TPSA) is 110 Å². The van der Waals surface area contributed by atoms with E-state index >= 15 is 0 Å². The van der Waals surface area contributed by atoms with E-state index < -0.39 is 20.9 Å².